The minimum atomic E-state index is -4.71. The highest BCUT2D eigenvalue weighted by Crippen LogP contribution is 2.26. The molecule has 15 heavy (non-hydrogen) atoms. The van der Waals surface area contributed by atoms with Crippen molar-refractivity contribution in [2.75, 3.05) is 0 Å². The first-order valence-electron chi connectivity index (χ1n) is 3.69. The van der Waals surface area contributed by atoms with Crippen molar-refractivity contribution < 1.29 is 13.2 Å². The van der Waals surface area contributed by atoms with Gasteiger partial charge >= 0.3 is 6.18 Å². The third kappa shape index (κ3) is 2.64. The Bertz CT molecular complexity index is 452. The van der Waals surface area contributed by atoms with Crippen molar-refractivity contribution in [2.45, 2.75) is 12.6 Å². The van der Waals surface area contributed by atoms with Crippen molar-refractivity contribution in [3.63, 3.8) is 0 Å². The molecule has 0 N–H and O–H groups in total. The Balaban J connectivity index is 3.26. The number of hydrogen-bond donors (Lipinski definition) is 0. The Morgan fingerprint density at radius 1 is 1.27 bits per heavy atom. The van der Waals surface area contributed by atoms with Gasteiger partial charge in [0.2, 0.25) is 5.82 Å². The number of hydrogen-bond acceptors (Lipinski definition) is 4. The zero-order valence-electron chi connectivity index (χ0n) is 7.21. The molecule has 0 aliphatic carbocycles. The average molecular weight is 212 g/mol. The fourth-order valence-corrected chi connectivity index (χ4v) is 0.853. The first-order chi connectivity index (χ1) is 6.97. The molecule has 0 aromatic carbocycles. The summed E-state index contributed by atoms with van der Waals surface area (Å²) >= 11 is 0. The van der Waals surface area contributed by atoms with Gasteiger partial charge in [-0.2, -0.15) is 23.7 Å². The molecule has 1 heterocycles. The maximum atomic E-state index is 12.2. The third-order valence-corrected chi connectivity index (χ3v) is 1.41. The predicted octanol–water partition coefficient (Wildman–Crippen LogP) is 1.43. The van der Waals surface area contributed by atoms with Crippen molar-refractivity contribution >= 4 is 0 Å². The van der Waals surface area contributed by atoms with Gasteiger partial charge < -0.3 is 0 Å². The summed E-state index contributed by atoms with van der Waals surface area (Å²) in [6, 6.07) is 4.18. The minimum absolute atomic E-state index is 0.114. The van der Waals surface area contributed by atoms with E-state index in [9.17, 15) is 13.2 Å². The Labute approximate surface area is 82.6 Å². The van der Waals surface area contributed by atoms with Crippen LogP contribution >= 0.6 is 0 Å². The van der Waals surface area contributed by atoms with Crippen molar-refractivity contribution in [2.24, 2.45) is 0 Å². The third-order valence-electron chi connectivity index (χ3n) is 1.41. The highest BCUT2D eigenvalue weighted by Gasteiger charge is 2.35. The Morgan fingerprint density at radius 3 is 2.40 bits per heavy atom. The summed E-state index contributed by atoms with van der Waals surface area (Å²) in [5.41, 5.74) is -0.515. The van der Waals surface area contributed by atoms with Crippen LogP contribution in [-0.4, -0.2) is 9.97 Å². The van der Waals surface area contributed by atoms with Gasteiger partial charge in [0, 0.05) is 0 Å². The van der Waals surface area contributed by atoms with Crippen LogP contribution in [0, 0.1) is 22.7 Å². The standard InChI is InChI=1S/C8H3F3N4/c9-8(10,11)7-14-5(1-2-12)3-6(4-13)15-7/h3H,1H2. The number of nitriles is 2. The molecule has 0 atom stereocenters. The Hall–Kier alpha value is -2.15. The minimum Gasteiger partial charge on any atom is -0.228 e. The van der Waals surface area contributed by atoms with Gasteiger partial charge in [0.1, 0.15) is 11.8 Å². The van der Waals surface area contributed by atoms with E-state index in [0.717, 1.165) is 6.07 Å². The SMILES string of the molecule is N#CCc1cc(C#N)nc(C(F)(F)F)n1. The highest BCUT2D eigenvalue weighted by molar-refractivity contribution is 5.24. The fourth-order valence-electron chi connectivity index (χ4n) is 0.853. The lowest BCUT2D eigenvalue weighted by Gasteiger charge is -2.05. The van der Waals surface area contributed by atoms with Gasteiger partial charge in [-0.05, 0) is 6.07 Å². The predicted molar refractivity (Wildman–Crippen MR) is 41.1 cm³/mol. The van der Waals surface area contributed by atoms with Gasteiger partial charge in [0.05, 0.1) is 18.2 Å². The molecule has 0 amide bonds. The van der Waals surface area contributed by atoms with Crippen LogP contribution in [0.1, 0.15) is 17.2 Å². The van der Waals surface area contributed by atoms with Gasteiger partial charge in [-0.1, -0.05) is 0 Å². The fraction of sp³-hybridized carbons (Fsp3) is 0.250. The summed E-state index contributed by atoms with van der Waals surface area (Å²) in [4.78, 5) is 6.13. The van der Waals surface area contributed by atoms with Crippen molar-refractivity contribution in [3.8, 4) is 12.1 Å². The first-order valence-corrected chi connectivity index (χ1v) is 3.69. The van der Waals surface area contributed by atoms with E-state index in [4.69, 9.17) is 10.5 Å². The molecule has 0 aliphatic heterocycles. The summed E-state index contributed by atoms with van der Waals surface area (Å²) < 4.78 is 36.6. The van der Waals surface area contributed by atoms with Crippen LogP contribution in [0.2, 0.25) is 0 Å². The molecule has 0 radical (unpaired) electrons. The van der Waals surface area contributed by atoms with Gasteiger partial charge in [-0.25, -0.2) is 9.97 Å². The van der Waals surface area contributed by atoms with Crippen molar-refractivity contribution in [1.29, 1.82) is 10.5 Å². The lowest BCUT2D eigenvalue weighted by Crippen LogP contribution is -2.13. The maximum absolute atomic E-state index is 12.2. The molecule has 1 aromatic heterocycles. The first kappa shape index (κ1) is 10.9. The summed E-state index contributed by atoms with van der Waals surface area (Å²) in [5, 5.41) is 16.7. The van der Waals surface area contributed by atoms with Gasteiger partial charge in [0.25, 0.3) is 0 Å². The zero-order valence-corrected chi connectivity index (χ0v) is 7.21. The van der Waals surface area contributed by atoms with E-state index in [2.05, 4.69) is 9.97 Å². The number of aromatic nitrogens is 2. The molecule has 0 fully saturated rings. The molecule has 76 valence electrons. The summed E-state index contributed by atoms with van der Waals surface area (Å²) in [6.45, 7) is 0. The van der Waals surface area contributed by atoms with Gasteiger partial charge in [-0.15, -0.1) is 0 Å². The van der Waals surface area contributed by atoms with Crippen molar-refractivity contribution in [3.05, 3.63) is 23.3 Å². The van der Waals surface area contributed by atoms with Gasteiger partial charge in [0.15, 0.2) is 0 Å². The van der Waals surface area contributed by atoms with E-state index in [-0.39, 0.29) is 12.1 Å². The molecule has 1 rings (SSSR count). The molecule has 0 unspecified atom stereocenters. The maximum Gasteiger partial charge on any atom is 0.451 e. The normalized spacial score (nSPS) is 10.5. The van der Waals surface area contributed by atoms with Crippen LogP contribution in [0.25, 0.3) is 0 Å². The van der Waals surface area contributed by atoms with E-state index in [0.29, 0.717) is 0 Å². The van der Waals surface area contributed by atoms with E-state index in [1.165, 1.54) is 6.07 Å². The van der Waals surface area contributed by atoms with E-state index in [1.54, 1.807) is 6.07 Å². The molecule has 0 aliphatic rings. The van der Waals surface area contributed by atoms with Gasteiger partial charge in [-0.3, -0.25) is 0 Å². The molecule has 0 bridgehead atoms. The summed E-state index contributed by atoms with van der Waals surface area (Å²) in [7, 11) is 0. The average Bonchev–Trinajstić information content (AvgIpc) is 2.16. The highest BCUT2D eigenvalue weighted by atomic mass is 19.4. The Kier molecular flexibility index (Phi) is 2.86. The quantitative estimate of drug-likeness (QED) is 0.705. The second-order valence-electron chi connectivity index (χ2n) is 2.51. The molecular weight excluding hydrogens is 209 g/mol. The molecular formula is C8H3F3N4. The number of halogens is 3. The van der Waals surface area contributed by atoms with Crippen LogP contribution in [0.4, 0.5) is 13.2 Å². The van der Waals surface area contributed by atoms with E-state index >= 15 is 0 Å². The topological polar surface area (TPSA) is 73.4 Å². The molecule has 0 saturated heterocycles. The van der Waals surface area contributed by atoms with Crippen LogP contribution in [0.3, 0.4) is 0 Å². The second kappa shape index (κ2) is 3.93. The zero-order chi connectivity index (χ0) is 11.5. The molecule has 1 aromatic rings. The number of alkyl halides is 3. The van der Waals surface area contributed by atoms with Crippen LogP contribution in [0.5, 0.6) is 0 Å². The lowest BCUT2D eigenvalue weighted by atomic mass is 10.2. The van der Waals surface area contributed by atoms with Crippen LogP contribution in [0.15, 0.2) is 6.07 Å². The number of nitrogens with zero attached hydrogens (tertiary/aromatic N) is 4. The molecule has 0 spiro atoms. The molecule has 7 heteroatoms. The van der Waals surface area contributed by atoms with Crippen LogP contribution in [-0.2, 0) is 12.6 Å². The molecule has 4 nitrogen and oxygen atoms in total. The number of rotatable bonds is 1. The Morgan fingerprint density at radius 2 is 1.93 bits per heavy atom. The summed E-state index contributed by atoms with van der Waals surface area (Å²) in [5.74, 6) is -1.40. The van der Waals surface area contributed by atoms with E-state index in [1.807, 2.05) is 0 Å². The second-order valence-corrected chi connectivity index (χ2v) is 2.51. The largest absolute Gasteiger partial charge is 0.451 e. The summed E-state index contributed by atoms with van der Waals surface area (Å²) in [6.07, 6.45) is -5.00. The molecule has 0 saturated carbocycles. The smallest absolute Gasteiger partial charge is 0.228 e. The van der Waals surface area contributed by atoms with Crippen molar-refractivity contribution in [1.82, 2.24) is 9.97 Å². The van der Waals surface area contributed by atoms with E-state index < -0.39 is 17.7 Å². The lowest BCUT2D eigenvalue weighted by molar-refractivity contribution is -0.145. The van der Waals surface area contributed by atoms with Crippen LogP contribution < -0.4 is 0 Å². The monoisotopic (exact) mass is 212 g/mol.